The summed E-state index contributed by atoms with van der Waals surface area (Å²) in [6.07, 6.45) is 14.8. The molecule has 1 unspecified atom stereocenters. The number of unbranched alkanes of at least 4 members (excludes halogenated alkanes) is 5. The molecule has 17 heavy (non-hydrogen) atoms. The second-order valence-electron chi connectivity index (χ2n) is 4.22. The van der Waals surface area contributed by atoms with Crippen molar-refractivity contribution in [3.63, 3.8) is 0 Å². The first-order valence-corrected chi connectivity index (χ1v) is 6.78. The Bertz CT molecular complexity index is 182. The second-order valence-corrected chi connectivity index (χ2v) is 4.22. The van der Waals surface area contributed by atoms with Gasteiger partial charge < -0.3 is 9.90 Å². The quantitative estimate of drug-likeness (QED) is 0.379. The molecular formula is C15H28O2. The zero-order valence-corrected chi connectivity index (χ0v) is 11.5. The van der Waals surface area contributed by atoms with Gasteiger partial charge in [0.15, 0.2) is 0 Å². The van der Waals surface area contributed by atoms with E-state index in [9.17, 15) is 4.79 Å². The number of aliphatic hydroxyl groups excluding tert-OH is 1. The molecule has 0 aliphatic rings. The zero-order valence-electron chi connectivity index (χ0n) is 11.5. The van der Waals surface area contributed by atoms with Crippen LogP contribution in [0, 0.1) is 12.3 Å². The Balaban J connectivity index is 0. The third-order valence-corrected chi connectivity index (χ3v) is 2.42. The minimum atomic E-state index is -0.267. The predicted octanol–water partition coefficient (Wildman–Crippen LogP) is 3.72. The number of hydrogen-bond acceptors (Lipinski definition) is 2. The normalized spacial score (nSPS) is 10.9. The van der Waals surface area contributed by atoms with Gasteiger partial charge >= 0.3 is 0 Å². The molecule has 100 valence electrons. The molecule has 0 saturated carbocycles. The summed E-state index contributed by atoms with van der Waals surface area (Å²) in [6.45, 7) is 4.28. The molecule has 0 aromatic heterocycles. The first-order valence-electron chi connectivity index (χ1n) is 6.78. The monoisotopic (exact) mass is 240 g/mol. The highest BCUT2D eigenvalue weighted by Gasteiger charge is 1.99. The number of hydrogen-bond donors (Lipinski definition) is 1. The number of carbonyl (C=O) groups excluding carboxylic acids is 1. The third-order valence-electron chi connectivity index (χ3n) is 2.42. The topological polar surface area (TPSA) is 37.3 Å². The maximum absolute atomic E-state index is 9.68. The van der Waals surface area contributed by atoms with E-state index in [0.29, 0.717) is 6.42 Å². The Labute approximate surface area is 107 Å². The van der Waals surface area contributed by atoms with Gasteiger partial charge in [-0.1, -0.05) is 46.0 Å². The number of aldehydes is 1. The van der Waals surface area contributed by atoms with Crippen LogP contribution in [0.1, 0.15) is 71.6 Å². The number of rotatable bonds is 9. The minimum Gasteiger partial charge on any atom is -0.392 e. The van der Waals surface area contributed by atoms with E-state index in [0.717, 1.165) is 32.0 Å². The van der Waals surface area contributed by atoms with E-state index in [2.05, 4.69) is 19.8 Å². The van der Waals surface area contributed by atoms with Crippen LogP contribution in [-0.2, 0) is 4.79 Å². The summed E-state index contributed by atoms with van der Waals surface area (Å²) in [7, 11) is 0. The van der Waals surface area contributed by atoms with Gasteiger partial charge in [0.1, 0.15) is 6.29 Å². The highest BCUT2D eigenvalue weighted by Crippen LogP contribution is 2.04. The first-order chi connectivity index (χ1) is 8.22. The molecule has 0 aliphatic heterocycles. The molecule has 1 N–H and O–H groups in total. The Morgan fingerprint density at radius 3 is 2.24 bits per heavy atom. The lowest BCUT2D eigenvalue weighted by atomic mass is 10.1. The van der Waals surface area contributed by atoms with E-state index in [1.54, 1.807) is 0 Å². The van der Waals surface area contributed by atoms with Gasteiger partial charge in [-0.15, -0.1) is 12.3 Å². The molecule has 0 aromatic carbocycles. The summed E-state index contributed by atoms with van der Waals surface area (Å²) >= 11 is 0. The molecular weight excluding hydrogens is 212 g/mol. The highest BCUT2D eigenvalue weighted by atomic mass is 16.3. The van der Waals surface area contributed by atoms with Crippen LogP contribution in [0.4, 0.5) is 0 Å². The van der Waals surface area contributed by atoms with Crippen molar-refractivity contribution in [3.8, 4) is 12.3 Å². The molecule has 2 heteroatoms. The smallest absolute Gasteiger partial charge is 0.119 e. The van der Waals surface area contributed by atoms with Crippen molar-refractivity contribution in [1.29, 1.82) is 0 Å². The van der Waals surface area contributed by atoms with Crippen molar-refractivity contribution in [2.24, 2.45) is 0 Å². The Morgan fingerprint density at radius 1 is 1.18 bits per heavy atom. The van der Waals surface area contributed by atoms with Crippen LogP contribution in [0.5, 0.6) is 0 Å². The van der Waals surface area contributed by atoms with E-state index in [1.165, 1.54) is 25.7 Å². The average Bonchev–Trinajstić information content (AvgIpc) is 2.31. The molecule has 0 amide bonds. The molecule has 0 heterocycles. The maximum Gasteiger partial charge on any atom is 0.119 e. The van der Waals surface area contributed by atoms with Crippen molar-refractivity contribution >= 4 is 6.29 Å². The van der Waals surface area contributed by atoms with Crippen molar-refractivity contribution in [2.75, 3.05) is 0 Å². The molecule has 0 rings (SSSR count). The van der Waals surface area contributed by atoms with Crippen molar-refractivity contribution < 1.29 is 9.90 Å². The van der Waals surface area contributed by atoms with E-state index in [4.69, 9.17) is 11.5 Å². The highest BCUT2D eigenvalue weighted by molar-refractivity contribution is 5.48. The second kappa shape index (κ2) is 17.6. The summed E-state index contributed by atoms with van der Waals surface area (Å²) in [5.74, 6) is 2.44. The molecule has 0 saturated heterocycles. The fourth-order valence-electron chi connectivity index (χ4n) is 1.35. The molecule has 0 bridgehead atoms. The number of aliphatic hydroxyl groups is 1. The summed E-state index contributed by atoms with van der Waals surface area (Å²) in [5, 5.41) is 9.13. The third kappa shape index (κ3) is 21.1. The maximum atomic E-state index is 9.68. The van der Waals surface area contributed by atoms with Gasteiger partial charge in [-0.25, -0.2) is 0 Å². The molecule has 0 aromatic rings. The molecule has 0 fully saturated rings. The summed E-state index contributed by atoms with van der Waals surface area (Å²) in [4.78, 5) is 9.68. The Hall–Kier alpha value is -0.810. The molecule has 0 aliphatic carbocycles. The van der Waals surface area contributed by atoms with Crippen molar-refractivity contribution in [3.05, 3.63) is 0 Å². The SMILES string of the molecule is C#CCC(O)CCCCC.CCCCCC=O. The summed E-state index contributed by atoms with van der Waals surface area (Å²) in [6, 6.07) is 0. The van der Waals surface area contributed by atoms with Crippen LogP contribution in [0.25, 0.3) is 0 Å². The lowest BCUT2D eigenvalue weighted by Gasteiger charge is -2.04. The van der Waals surface area contributed by atoms with Gasteiger partial charge in [0.2, 0.25) is 0 Å². The van der Waals surface area contributed by atoms with E-state index in [1.807, 2.05) is 0 Å². The van der Waals surface area contributed by atoms with E-state index in [-0.39, 0.29) is 6.10 Å². The lowest BCUT2D eigenvalue weighted by Crippen LogP contribution is -2.03. The van der Waals surface area contributed by atoms with Crippen LogP contribution >= 0.6 is 0 Å². The predicted molar refractivity (Wildman–Crippen MR) is 73.8 cm³/mol. The van der Waals surface area contributed by atoms with Gasteiger partial charge in [-0.2, -0.15) is 0 Å². The Morgan fingerprint density at radius 2 is 1.76 bits per heavy atom. The van der Waals surface area contributed by atoms with Crippen LogP contribution in [0.15, 0.2) is 0 Å². The Kier molecular flexibility index (Phi) is 19.2. The van der Waals surface area contributed by atoms with E-state index >= 15 is 0 Å². The summed E-state index contributed by atoms with van der Waals surface area (Å²) in [5.41, 5.74) is 0. The molecule has 0 radical (unpaired) electrons. The first kappa shape index (κ1) is 18.6. The van der Waals surface area contributed by atoms with Crippen LogP contribution in [0.2, 0.25) is 0 Å². The zero-order chi connectivity index (χ0) is 13.4. The standard InChI is InChI=1S/C9H16O.C6H12O/c1-3-5-6-8-9(10)7-4-2;1-2-3-4-5-6-7/h2,9-10H,3,5-8H2,1H3;6H,2-5H2,1H3. The molecule has 2 nitrogen and oxygen atoms in total. The largest absolute Gasteiger partial charge is 0.392 e. The van der Waals surface area contributed by atoms with Gasteiger partial charge in [-0.05, 0) is 12.8 Å². The average molecular weight is 240 g/mol. The number of terminal acetylenes is 1. The van der Waals surface area contributed by atoms with Crippen LogP contribution in [-0.4, -0.2) is 17.5 Å². The fraction of sp³-hybridized carbons (Fsp3) is 0.800. The van der Waals surface area contributed by atoms with E-state index < -0.39 is 0 Å². The summed E-state index contributed by atoms with van der Waals surface area (Å²) < 4.78 is 0. The minimum absolute atomic E-state index is 0.267. The lowest BCUT2D eigenvalue weighted by molar-refractivity contribution is -0.107. The van der Waals surface area contributed by atoms with Crippen molar-refractivity contribution in [1.82, 2.24) is 0 Å². The fourth-order valence-corrected chi connectivity index (χ4v) is 1.35. The van der Waals surface area contributed by atoms with Crippen LogP contribution < -0.4 is 0 Å². The van der Waals surface area contributed by atoms with Crippen molar-refractivity contribution in [2.45, 2.75) is 77.7 Å². The number of carbonyl (C=O) groups is 1. The molecule has 0 spiro atoms. The van der Waals surface area contributed by atoms with Gasteiger partial charge in [0, 0.05) is 12.8 Å². The molecule has 1 atom stereocenters. The van der Waals surface area contributed by atoms with Crippen LogP contribution in [0.3, 0.4) is 0 Å². The van der Waals surface area contributed by atoms with Gasteiger partial charge in [0.05, 0.1) is 6.10 Å². The van der Waals surface area contributed by atoms with Gasteiger partial charge in [0.25, 0.3) is 0 Å². The van der Waals surface area contributed by atoms with Gasteiger partial charge in [-0.3, -0.25) is 0 Å².